The molecule has 0 atom stereocenters. The summed E-state index contributed by atoms with van der Waals surface area (Å²) in [5, 5.41) is 8.88. The number of hydrogen-bond donors (Lipinski definition) is 1. The number of carboxylic acids is 1. The van der Waals surface area contributed by atoms with E-state index in [2.05, 4.69) is 4.90 Å². The van der Waals surface area contributed by atoms with Crippen LogP contribution in [-0.4, -0.2) is 29.1 Å². The van der Waals surface area contributed by atoms with Crippen LogP contribution in [0.25, 0.3) is 0 Å². The van der Waals surface area contributed by atoms with Crippen LogP contribution in [0.3, 0.4) is 0 Å². The lowest BCUT2D eigenvalue weighted by atomic mass is 10.2. The van der Waals surface area contributed by atoms with E-state index in [9.17, 15) is 4.79 Å². The maximum atomic E-state index is 10.8. The van der Waals surface area contributed by atoms with Gasteiger partial charge in [-0.05, 0) is 44.5 Å². The second-order valence-corrected chi connectivity index (χ2v) is 5.24. The average Bonchev–Trinajstić information content (AvgIpc) is 2.77. The molecular weight excluding hydrogens is 210 g/mol. The van der Waals surface area contributed by atoms with Crippen LogP contribution in [0.1, 0.15) is 33.0 Å². The van der Waals surface area contributed by atoms with Crippen molar-refractivity contribution in [1.29, 1.82) is 0 Å². The Bertz CT molecular complexity index is 367. The Morgan fingerprint density at radius 1 is 1.53 bits per heavy atom. The normalized spacial score (nSPS) is 17.1. The molecular formula is C11H15NO2S. The summed E-state index contributed by atoms with van der Waals surface area (Å²) in [5.41, 5.74) is 1.18. The number of carboxylic acid groups (broad SMARTS) is 1. The van der Waals surface area contributed by atoms with E-state index in [0.29, 0.717) is 4.88 Å². The van der Waals surface area contributed by atoms with Gasteiger partial charge in [-0.25, -0.2) is 4.79 Å². The molecule has 82 valence electrons. The summed E-state index contributed by atoms with van der Waals surface area (Å²) in [5.74, 6) is -0.809. The Hall–Kier alpha value is -0.870. The monoisotopic (exact) mass is 225 g/mol. The van der Waals surface area contributed by atoms with E-state index in [0.717, 1.165) is 24.5 Å². The van der Waals surface area contributed by atoms with E-state index in [4.69, 9.17) is 5.11 Å². The van der Waals surface area contributed by atoms with Crippen LogP contribution in [0.2, 0.25) is 0 Å². The molecule has 2 rings (SSSR count). The molecule has 1 aromatic rings. The highest BCUT2D eigenvalue weighted by Gasteiger charge is 2.16. The smallest absolute Gasteiger partial charge is 0.345 e. The predicted molar refractivity (Wildman–Crippen MR) is 60.5 cm³/mol. The number of nitrogens with zero attached hydrogens (tertiary/aromatic N) is 1. The first-order chi connectivity index (χ1) is 7.16. The minimum atomic E-state index is -0.809. The lowest BCUT2D eigenvalue weighted by Gasteiger charge is -2.13. The second kappa shape index (κ2) is 4.33. The lowest BCUT2D eigenvalue weighted by molar-refractivity contribution is 0.0702. The molecule has 4 heteroatoms. The Kier molecular flexibility index (Phi) is 3.07. The summed E-state index contributed by atoms with van der Waals surface area (Å²) in [6, 6.07) is 1.82. The molecule has 0 bridgehead atoms. The van der Waals surface area contributed by atoms with E-state index in [-0.39, 0.29) is 0 Å². The highest BCUT2D eigenvalue weighted by molar-refractivity contribution is 7.14. The molecule has 1 aromatic heterocycles. The third-order valence-corrected chi connectivity index (χ3v) is 3.90. The zero-order valence-electron chi connectivity index (χ0n) is 8.82. The molecule has 0 unspecified atom stereocenters. The first kappa shape index (κ1) is 10.6. The van der Waals surface area contributed by atoms with E-state index in [1.165, 1.54) is 29.7 Å². The van der Waals surface area contributed by atoms with Crippen LogP contribution in [-0.2, 0) is 6.54 Å². The molecule has 3 nitrogen and oxygen atoms in total. The van der Waals surface area contributed by atoms with Crippen molar-refractivity contribution in [3.8, 4) is 0 Å². The van der Waals surface area contributed by atoms with Crippen molar-refractivity contribution in [2.24, 2.45) is 0 Å². The third-order valence-electron chi connectivity index (χ3n) is 2.82. The molecule has 0 radical (unpaired) electrons. The van der Waals surface area contributed by atoms with Crippen LogP contribution in [0.5, 0.6) is 0 Å². The number of hydrogen-bond acceptors (Lipinski definition) is 3. The van der Waals surface area contributed by atoms with Crippen molar-refractivity contribution in [2.45, 2.75) is 26.3 Å². The van der Waals surface area contributed by atoms with Gasteiger partial charge < -0.3 is 5.11 Å². The molecule has 2 heterocycles. The molecule has 1 N–H and O–H groups in total. The van der Waals surface area contributed by atoms with Crippen molar-refractivity contribution in [3.63, 3.8) is 0 Å². The van der Waals surface area contributed by atoms with Crippen molar-refractivity contribution in [3.05, 3.63) is 21.4 Å². The summed E-state index contributed by atoms with van der Waals surface area (Å²) in [6.45, 7) is 5.22. The van der Waals surface area contributed by atoms with Gasteiger partial charge in [-0.2, -0.15) is 0 Å². The van der Waals surface area contributed by atoms with Crippen LogP contribution in [0, 0.1) is 6.92 Å². The second-order valence-electron chi connectivity index (χ2n) is 3.98. The van der Waals surface area contributed by atoms with Crippen molar-refractivity contribution < 1.29 is 9.90 Å². The third kappa shape index (κ3) is 2.38. The van der Waals surface area contributed by atoms with Crippen molar-refractivity contribution in [2.75, 3.05) is 13.1 Å². The Balaban J connectivity index is 2.10. The zero-order chi connectivity index (χ0) is 10.8. The van der Waals surface area contributed by atoms with Crippen molar-refractivity contribution in [1.82, 2.24) is 4.90 Å². The molecule has 0 amide bonds. The van der Waals surface area contributed by atoms with Gasteiger partial charge in [0.05, 0.1) is 0 Å². The van der Waals surface area contributed by atoms with Gasteiger partial charge in [0.1, 0.15) is 4.88 Å². The molecule has 0 saturated carbocycles. The first-order valence-corrected chi connectivity index (χ1v) is 6.03. The van der Waals surface area contributed by atoms with Gasteiger partial charge in [-0.1, -0.05) is 0 Å². The molecule has 1 saturated heterocycles. The van der Waals surface area contributed by atoms with Gasteiger partial charge in [0, 0.05) is 11.4 Å². The highest BCUT2D eigenvalue weighted by Crippen LogP contribution is 2.24. The molecule has 1 fully saturated rings. The summed E-state index contributed by atoms with van der Waals surface area (Å²) in [4.78, 5) is 14.8. The number of thiophene rings is 1. The molecule has 15 heavy (non-hydrogen) atoms. The summed E-state index contributed by atoms with van der Waals surface area (Å²) in [6.07, 6.45) is 2.55. The Morgan fingerprint density at radius 3 is 2.73 bits per heavy atom. The summed E-state index contributed by atoms with van der Waals surface area (Å²) in [7, 11) is 0. The maximum Gasteiger partial charge on any atom is 0.345 e. The fraction of sp³-hybridized carbons (Fsp3) is 0.545. The zero-order valence-corrected chi connectivity index (χ0v) is 9.64. The minimum absolute atomic E-state index is 0.460. The van der Waals surface area contributed by atoms with Crippen LogP contribution >= 0.6 is 11.3 Å². The number of aryl methyl sites for hydroxylation is 1. The summed E-state index contributed by atoms with van der Waals surface area (Å²) >= 11 is 1.38. The van der Waals surface area contributed by atoms with Gasteiger partial charge >= 0.3 is 5.97 Å². The molecule has 0 aromatic carbocycles. The molecule has 1 aliphatic heterocycles. The van der Waals surface area contributed by atoms with Crippen LogP contribution in [0.15, 0.2) is 6.07 Å². The maximum absolute atomic E-state index is 10.8. The van der Waals surface area contributed by atoms with E-state index < -0.39 is 5.97 Å². The topological polar surface area (TPSA) is 40.5 Å². The highest BCUT2D eigenvalue weighted by atomic mass is 32.1. The Labute approximate surface area is 93.3 Å². The Morgan fingerprint density at radius 2 is 2.20 bits per heavy atom. The molecule has 0 aliphatic carbocycles. The van der Waals surface area contributed by atoms with Crippen LogP contribution < -0.4 is 0 Å². The minimum Gasteiger partial charge on any atom is -0.477 e. The van der Waals surface area contributed by atoms with Gasteiger partial charge in [-0.15, -0.1) is 11.3 Å². The number of aromatic carboxylic acids is 1. The number of likely N-dealkylation sites (tertiary alicyclic amines) is 1. The van der Waals surface area contributed by atoms with Gasteiger partial charge in [0.2, 0.25) is 0 Å². The fourth-order valence-electron chi connectivity index (χ4n) is 1.96. The summed E-state index contributed by atoms with van der Waals surface area (Å²) < 4.78 is 0. The largest absolute Gasteiger partial charge is 0.477 e. The van der Waals surface area contributed by atoms with E-state index in [1.54, 1.807) is 0 Å². The SMILES string of the molecule is Cc1sc(C(=O)O)cc1CN1CCCC1. The first-order valence-electron chi connectivity index (χ1n) is 5.22. The number of rotatable bonds is 3. The van der Waals surface area contributed by atoms with Crippen LogP contribution in [0.4, 0.5) is 0 Å². The lowest BCUT2D eigenvalue weighted by Crippen LogP contribution is -2.18. The van der Waals surface area contributed by atoms with E-state index >= 15 is 0 Å². The van der Waals surface area contributed by atoms with Gasteiger partial charge in [-0.3, -0.25) is 4.90 Å². The van der Waals surface area contributed by atoms with Crippen molar-refractivity contribution >= 4 is 17.3 Å². The predicted octanol–water partition coefficient (Wildman–Crippen LogP) is 2.35. The fourth-order valence-corrected chi connectivity index (χ4v) is 2.84. The average molecular weight is 225 g/mol. The molecule has 0 spiro atoms. The van der Waals surface area contributed by atoms with E-state index in [1.807, 2.05) is 13.0 Å². The van der Waals surface area contributed by atoms with Gasteiger partial charge in [0.25, 0.3) is 0 Å². The van der Waals surface area contributed by atoms with Gasteiger partial charge in [0.15, 0.2) is 0 Å². The molecule has 1 aliphatic rings. The standard InChI is InChI=1S/C11H15NO2S/c1-8-9(6-10(15-8)11(13)14)7-12-4-2-3-5-12/h6H,2-5,7H2,1H3,(H,13,14). The quantitative estimate of drug-likeness (QED) is 0.858. The number of carbonyl (C=O) groups is 1.